The Hall–Kier alpha value is -0.610. The van der Waals surface area contributed by atoms with Gasteiger partial charge in [0, 0.05) is 23.7 Å². The maximum Gasteiger partial charge on any atom is 0.0409 e. The quantitative estimate of drug-likeness (QED) is 0.906. The molecule has 0 aromatic heterocycles. The average Bonchev–Trinajstić information content (AvgIpc) is 2.44. The first-order valence-corrected chi connectivity index (χ1v) is 7.84. The van der Waals surface area contributed by atoms with Crippen molar-refractivity contribution in [3.05, 3.63) is 34.9 Å². The van der Waals surface area contributed by atoms with Crippen molar-refractivity contribution in [2.24, 2.45) is 5.73 Å². The fourth-order valence-corrected chi connectivity index (χ4v) is 3.13. The lowest BCUT2D eigenvalue weighted by Crippen LogP contribution is -2.45. The monoisotopic (exact) mass is 295 g/mol. The van der Waals surface area contributed by atoms with Gasteiger partial charge in [-0.25, -0.2) is 0 Å². The maximum absolute atomic E-state index is 6.27. The molecule has 0 spiro atoms. The molecule has 1 fully saturated rings. The molecule has 0 saturated carbocycles. The standard InChI is InChI=1S/C16H26ClN3/c1-19-9-4-7-15(12-19)20(2)10-8-16(18)13-5-3-6-14(17)11-13/h3,5-6,11,15-16H,4,7-10,12,18H2,1-2H3. The Balaban J connectivity index is 1.82. The molecule has 2 unspecified atom stereocenters. The highest BCUT2D eigenvalue weighted by Gasteiger charge is 2.21. The predicted octanol–water partition coefficient (Wildman–Crippen LogP) is 2.76. The Morgan fingerprint density at radius 2 is 2.30 bits per heavy atom. The highest BCUT2D eigenvalue weighted by Crippen LogP contribution is 2.20. The molecule has 3 nitrogen and oxygen atoms in total. The van der Waals surface area contributed by atoms with Gasteiger partial charge in [0.25, 0.3) is 0 Å². The summed E-state index contributed by atoms with van der Waals surface area (Å²) in [6, 6.07) is 8.63. The Morgan fingerprint density at radius 3 is 3.00 bits per heavy atom. The first-order valence-electron chi connectivity index (χ1n) is 7.46. The zero-order valence-electron chi connectivity index (χ0n) is 12.6. The first kappa shape index (κ1) is 15.8. The summed E-state index contributed by atoms with van der Waals surface area (Å²) in [6.45, 7) is 3.43. The minimum atomic E-state index is 0.0671. The summed E-state index contributed by atoms with van der Waals surface area (Å²) in [4.78, 5) is 4.88. The van der Waals surface area contributed by atoms with E-state index in [1.54, 1.807) is 0 Å². The molecule has 1 heterocycles. The van der Waals surface area contributed by atoms with Gasteiger partial charge in [-0.1, -0.05) is 23.7 Å². The van der Waals surface area contributed by atoms with Crippen molar-refractivity contribution in [3.8, 4) is 0 Å². The molecule has 2 N–H and O–H groups in total. The summed E-state index contributed by atoms with van der Waals surface area (Å²) in [7, 11) is 4.42. The molecule has 0 bridgehead atoms. The molecule has 4 heteroatoms. The highest BCUT2D eigenvalue weighted by molar-refractivity contribution is 6.30. The van der Waals surface area contributed by atoms with Crippen molar-refractivity contribution < 1.29 is 0 Å². The van der Waals surface area contributed by atoms with Crippen molar-refractivity contribution in [3.63, 3.8) is 0 Å². The summed E-state index contributed by atoms with van der Waals surface area (Å²) < 4.78 is 0. The Labute approximate surface area is 127 Å². The maximum atomic E-state index is 6.27. The zero-order chi connectivity index (χ0) is 14.5. The van der Waals surface area contributed by atoms with Gasteiger partial charge in [-0.05, 0) is 64.1 Å². The SMILES string of the molecule is CN1CCCC(N(C)CCC(N)c2cccc(Cl)c2)C1. The minimum Gasteiger partial charge on any atom is -0.324 e. The molecule has 0 radical (unpaired) electrons. The third-order valence-electron chi connectivity index (χ3n) is 4.29. The fourth-order valence-electron chi connectivity index (χ4n) is 2.93. The Bertz CT molecular complexity index is 424. The molecule has 1 aromatic rings. The van der Waals surface area contributed by atoms with Gasteiger partial charge >= 0.3 is 0 Å². The molecule has 2 atom stereocenters. The van der Waals surface area contributed by atoms with E-state index in [4.69, 9.17) is 17.3 Å². The number of likely N-dealkylation sites (tertiary alicyclic amines) is 1. The third-order valence-corrected chi connectivity index (χ3v) is 4.53. The van der Waals surface area contributed by atoms with Gasteiger partial charge in [-0.15, -0.1) is 0 Å². The molecule has 0 aliphatic carbocycles. The van der Waals surface area contributed by atoms with Crippen molar-refractivity contribution in [2.75, 3.05) is 33.7 Å². The predicted molar refractivity (Wildman–Crippen MR) is 86.1 cm³/mol. The lowest BCUT2D eigenvalue weighted by Gasteiger charge is -2.36. The second kappa shape index (κ2) is 7.41. The second-order valence-electron chi connectivity index (χ2n) is 5.99. The van der Waals surface area contributed by atoms with E-state index in [0.29, 0.717) is 6.04 Å². The number of likely N-dealkylation sites (N-methyl/N-ethyl adjacent to an activating group) is 2. The van der Waals surface area contributed by atoms with Gasteiger partial charge in [-0.3, -0.25) is 0 Å². The normalized spacial score (nSPS) is 22.1. The molecule has 1 aliphatic rings. The first-order chi connectivity index (χ1) is 9.56. The summed E-state index contributed by atoms with van der Waals surface area (Å²) in [5, 5.41) is 0.764. The van der Waals surface area contributed by atoms with Gasteiger partial charge in [0.15, 0.2) is 0 Å². The smallest absolute Gasteiger partial charge is 0.0409 e. The number of hydrogen-bond acceptors (Lipinski definition) is 3. The molecule has 1 aliphatic heterocycles. The number of hydrogen-bond donors (Lipinski definition) is 1. The molecule has 2 rings (SSSR count). The van der Waals surface area contributed by atoms with Crippen LogP contribution < -0.4 is 5.73 Å². The van der Waals surface area contributed by atoms with E-state index in [2.05, 4.69) is 30.0 Å². The molecule has 1 saturated heterocycles. The second-order valence-corrected chi connectivity index (χ2v) is 6.43. The lowest BCUT2D eigenvalue weighted by molar-refractivity contribution is 0.132. The molecule has 20 heavy (non-hydrogen) atoms. The zero-order valence-corrected chi connectivity index (χ0v) is 13.3. The van der Waals surface area contributed by atoms with Gasteiger partial charge in [-0.2, -0.15) is 0 Å². The highest BCUT2D eigenvalue weighted by atomic mass is 35.5. The Kier molecular flexibility index (Phi) is 5.85. The molecular weight excluding hydrogens is 270 g/mol. The van der Waals surface area contributed by atoms with Gasteiger partial charge in [0.05, 0.1) is 0 Å². The van der Waals surface area contributed by atoms with Crippen LogP contribution in [0.3, 0.4) is 0 Å². The Morgan fingerprint density at radius 1 is 1.50 bits per heavy atom. The molecule has 112 valence electrons. The van der Waals surface area contributed by atoms with E-state index in [1.165, 1.54) is 25.9 Å². The van der Waals surface area contributed by atoms with E-state index in [1.807, 2.05) is 18.2 Å². The largest absolute Gasteiger partial charge is 0.324 e. The lowest BCUT2D eigenvalue weighted by atomic mass is 10.0. The van der Waals surface area contributed by atoms with Crippen molar-refractivity contribution in [1.82, 2.24) is 9.80 Å². The number of nitrogens with two attached hydrogens (primary N) is 1. The number of halogens is 1. The van der Waals surface area contributed by atoms with Crippen LogP contribution in [0.2, 0.25) is 5.02 Å². The molecular formula is C16H26ClN3. The van der Waals surface area contributed by atoms with Crippen molar-refractivity contribution >= 4 is 11.6 Å². The van der Waals surface area contributed by atoms with E-state index in [9.17, 15) is 0 Å². The van der Waals surface area contributed by atoms with Gasteiger partial charge < -0.3 is 15.5 Å². The van der Waals surface area contributed by atoms with Crippen LogP contribution in [0.5, 0.6) is 0 Å². The number of rotatable bonds is 5. The van der Waals surface area contributed by atoms with Crippen LogP contribution in [-0.2, 0) is 0 Å². The van der Waals surface area contributed by atoms with E-state index < -0.39 is 0 Å². The summed E-state index contributed by atoms with van der Waals surface area (Å²) >= 11 is 6.02. The van der Waals surface area contributed by atoms with Crippen LogP contribution in [-0.4, -0.2) is 49.6 Å². The number of nitrogens with zero attached hydrogens (tertiary/aromatic N) is 2. The van der Waals surface area contributed by atoms with Gasteiger partial charge in [0.1, 0.15) is 0 Å². The van der Waals surface area contributed by atoms with E-state index >= 15 is 0 Å². The number of piperidine rings is 1. The van der Waals surface area contributed by atoms with Crippen molar-refractivity contribution in [1.29, 1.82) is 0 Å². The van der Waals surface area contributed by atoms with E-state index in [-0.39, 0.29) is 6.04 Å². The molecule has 0 amide bonds. The molecule has 1 aromatic carbocycles. The van der Waals surface area contributed by atoms with Gasteiger partial charge in [0.2, 0.25) is 0 Å². The summed E-state index contributed by atoms with van der Waals surface area (Å²) in [5.74, 6) is 0. The average molecular weight is 296 g/mol. The van der Waals surface area contributed by atoms with Crippen LogP contribution in [0, 0.1) is 0 Å². The van der Waals surface area contributed by atoms with Crippen molar-refractivity contribution in [2.45, 2.75) is 31.3 Å². The van der Waals surface area contributed by atoms with Crippen LogP contribution >= 0.6 is 11.6 Å². The van der Waals surface area contributed by atoms with Crippen LogP contribution in [0.4, 0.5) is 0 Å². The topological polar surface area (TPSA) is 32.5 Å². The van der Waals surface area contributed by atoms with Crippen LogP contribution in [0.1, 0.15) is 30.9 Å². The third kappa shape index (κ3) is 4.45. The minimum absolute atomic E-state index is 0.0671. The van der Waals surface area contributed by atoms with Crippen LogP contribution in [0.25, 0.3) is 0 Å². The fraction of sp³-hybridized carbons (Fsp3) is 0.625. The summed E-state index contributed by atoms with van der Waals surface area (Å²) in [6.07, 6.45) is 3.57. The van der Waals surface area contributed by atoms with Crippen LogP contribution in [0.15, 0.2) is 24.3 Å². The van der Waals surface area contributed by atoms with E-state index in [0.717, 1.165) is 23.6 Å². The number of benzene rings is 1. The summed E-state index contributed by atoms with van der Waals surface area (Å²) in [5.41, 5.74) is 7.40.